The molecule has 66 heavy (non-hydrogen) atoms. The Kier molecular flexibility index (Phi) is 12.4. The number of aromatic nitrogens is 1. The number of nitrogens with zero attached hydrogens (tertiary/aromatic N) is 2. The number of halogens is 1. The number of pyridine rings is 1. The number of carbonyl (C=O) groups excluding carboxylic acids is 7. The molecular formula is C49H56FN5O11. The van der Waals surface area contributed by atoms with Crippen LogP contribution in [0.5, 0.6) is 0 Å². The zero-order valence-electron chi connectivity index (χ0n) is 37.5. The molecule has 17 heteroatoms. The second-order valence-electron chi connectivity index (χ2n) is 19.1. The molecule has 4 amide bonds. The third kappa shape index (κ3) is 7.72. The van der Waals surface area contributed by atoms with Crippen LogP contribution in [-0.2, 0) is 43.0 Å². The molecule has 12 atom stereocenters. The molecule has 0 spiro atoms. The maximum atomic E-state index is 17.7. The number of fused-ring (bicyclic) bond motifs is 7. The van der Waals surface area contributed by atoms with E-state index in [0.29, 0.717) is 35.5 Å². The number of ether oxygens (including phenoxy) is 2. The Morgan fingerprint density at radius 3 is 2.36 bits per heavy atom. The Hall–Kier alpha value is -5.75. The lowest BCUT2D eigenvalue weighted by atomic mass is 9.44. The molecule has 4 aliphatic carbocycles. The summed E-state index contributed by atoms with van der Waals surface area (Å²) in [6, 6.07) is 9.55. The first-order chi connectivity index (χ1) is 31.2. The van der Waals surface area contributed by atoms with Crippen LogP contribution in [0.25, 0.3) is 0 Å². The number of nitrogens with one attached hydrogen (secondary N) is 3. The minimum Gasteiger partial charge on any atom is -0.390 e. The van der Waals surface area contributed by atoms with E-state index in [0.717, 1.165) is 22.6 Å². The smallest absolute Gasteiger partial charge is 0.253 e. The average molecular weight is 910 g/mol. The van der Waals surface area contributed by atoms with Crippen LogP contribution >= 0.6 is 0 Å². The van der Waals surface area contributed by atoms with Gasteiger partial charge >= 0.3 is 0 Å². The van der Waals surface area contributed by atoms with Crippen molar-refractivity contribution in [3.05, 3.63) is 89.7 Å². The molecular weight excluding hydrogens is 854 g/mol. The van der Waals surface area contributed by atoms with Crippen LogP contribution in [0.4, 0.5) is 15.9 Å². The molecule has 1 aromatic carbocycles. The number of aliphatic hydroxyl groups is 2. The van der Waals surface area contributed by atoms with E-state index < -0.39 is 94.5 Å². The van der Waals surface area contributed by atoms with Crippen molar-refractivity contribution in [3.8, 4) is 0 Å². The lowest BCUT2D eigenvalue weighted by Gasteiger charge is -2.62. The summed E-state index contributed by atoms with van der Waals surface area (Å²) in [5, 5.41) is 30.9. The van der Waals surface area contributed by atoms with Gasteiger partial charge in [0.2, 0.25) is 11.8 Å². The molecule has 3 saturated carbocycles. The highest BCUT2D eigenvalue weighted by Crippen LogP contribution is 2.72. The van der Waals surface area contributed by atoms with E-state index in [1.165, 1.54) is 19.1 Å². The second kappa shape index (κ2) is 17.5. The fourth-order valence-electron chi connectivity index (χ4n) is 11.6. The number of hydrogen-bond donors (Lipinski definition) is 5. The summed E-state index contributed by atoms with van der Waals surface area (Å²) in [4.78, 5) is 93.3. The van der Waals surface area contributed by atoms with Gasteiger partial charge in [0.05, 0.1) is 18.2 Å². The number of aliphatic hydroxyl groups excluding tert-OH is 2. The summed E-state index contributed by atoms with van der Waals surface area (Å²) < 4.78 is 30.8. The third-order valence-electron chi connectivity index (χ3n) is 15.3. The monoisotopic (exact) mass is 909 g/mol. The number of alkyl halides is 1. The topological polar surface area (TPSA) is 231 Å². The van der Waals surface area contributed by atoms with E-state index >= 15 is 4.39 Å². The van der Waals surface area contributed by atoms with E-state index in [9.17, 15) is 43.8 Å². The second-order valence-corrected chi connectivity index (χ2v) is 19.1. The van der Waals surface area contributed by atoms with Crippen LogP contribution < -0.4 is 16.0 Å². The maximum absolute atomic E-state index is 17.7. The maximum Gasteiger partial charge on any atom is 0.253 e. The van der Waals surface area contributed by atoms with Crippen LogP contribution in [0, 0.1) is 28.6 Å². The van der Waals surface area contributed by atoms with Gasteiger partial charge in [-0.3, -0.25) is 38.5 Å². The van der Waals surface area contributed by atoms with Crippen molar-refractivity contribution in [2.75, 3.05) is 23.8 Å². The third-order valence-corrected chi connectivity index (χ3v) is 15.3. The summed E-state index contributed by atoms with van der Waals surface area (Å²) in [7, 11) is 0. The Balaban J connectivity index is 0.850. The summed E-state index contributed by atoms with van der Waals surface area (Å²) in [5.74, 6) is -4.29. The van der Waals surface area contributed by atoms with Crippen molar-refractivity contribution in [1.29, 1.82) is 0 Å². The lowest BCUT2D eigenvalue weighted by Crippen LogP contribution is -2.69. The largest absolute Gasteiger partial charge is 0.390 e. The van der Waals surface area contributed by atoms with Crippen LogP contribution in [0.1, 0.15) is 96.6 Å². The van der Waals surface area contributed by atoms with Gasteiger partial charge in [-0.2, -0.15) is 0 Å². The summed E-state index contributed by atoms with van der Waals surface area (Å²) in [6.07, 6.45) is 5.66. The van der Waals surface area contributed by atoms with Crippen molar-refractivity contribution in [2.45, 2.75) is 115 Å². The standard InChI is InChI=1S/C49H56FN5O11/c1-26(20-36(58)28(3)53-41(61)17-19-55-42(62)14-15-43(55)63)44(64)54-32-10-6-29(7-11-32)27(2)52-40-13-8-30(24-51-40)45-65-39-22-35-34-12-9-31-21-33(57)16-18-46(31,4)48(34,50)37(59)23-47(35,5)49(39,66-45)38(60)25-56/h6-8,10-11,13-16,18,21,24,26-28,34-35,37,39,45,56,59H,9,12,17,19-20,22-23,25H2,1-5H3,(H,51,52)(H,53,61)(H,54,64)/t26-,27+,28+,34+,35+,37+,39-,45-,46+,47+,48+,49-/m1/s1. The minimum atomic E-state index is -2.10. The van der Waals surface area contributed by atoms with Crippen LogP contribution in [0.2, 0.25) is 0 Å². The van der Waals surface area contributed by atoms with Crippen molar-refractivity contribution in [1.82, 2.24) is 15.2 Å². The van der Waals surface area contributed by atoms with Gasteiger partial charge < -0.3 is 35.6 Å². The van der Waals surface area contributed by atoms with Crippen LogP contribution in [-0.4, -0.2) is 104 Å². The van der Waals surface area contributed by atoms with Gasteiger partial charge in [0.1, 0.15) is 12.4 Å². The molecule has 0 radical (unpaired) electrons. The Morgan fingerprint density at radius 1 is 0.985 bits per heavy atom. The lowest BCUT2D eigenvalue weighted by molar-refractivity contribution is -0.231. The highest BCUT2D eigenvalue weighted by atomic mass is 19.1. The molecule has 5 N–H and O–H groups in total. The number of allylic oxidation sites excluding steroid dienone is 4. The zero-order valence-corrected chi connectivity index (χ0v) is 37.5. The molecule has 16 nitrogen and oxygen atoms in total. The number of ketones is 3. The summed E-state index contributed by atoms with van der Waals surface area (Å²) >= 11 is 0. The van der Waals surface area contributed by atoms with Crippen molar-refractivity contribution in [2.24, 2.45) is 28.6 Å². The van der Waals surface area contributed by atoms with E-state index in [1.807, 2.05) is 26.0 Å². The molecule has 4 fully saturated rings. The van der Waals surface area contributed by atoms with E-state index in [4.69, 9.17) is 9.47 Å². The first-order valence-electron chi connectivity index (χ1n) is 22.5. The first-order valence-corrected chi connectivity index (χ1v) is 22.5. The van der Waals surface area contributed by atoms with E-state index in [1.54, 1.807) is 50.4 Å². The molecule has 0 bridgehead atoms. The predicted octanol–water partition coefficient (Wildman–Crippen LogP) is 4.30. The number of amides is 4. The normalized spacial score (nSPS) is 33.2. The van der Waals surface area contributed by atoms with Crippen LogP contribution in [0.15, 0.2) is 78.5 Å². The van der Waals surface area contributed by atoms with Gasteiger partial charge in [0, 0.05) is 77.7 Å². The van der Waals surface area contributed by atoms with Crippen LogP contribution in [0.3, 0.4) is 0 Å². The number of rotatable bonds is 15. The van der Waals surface area contributed by atoms with E-state index in [2.05, 4.69) is 20.9 Å². The Morgan fingerprint density at radius 2 is 1.70 bits per heavy atom. The number of imide groups is 1. The molecule has 8 rings (SSSR count). The van der Waals surface area contributed by atoms with Gasteiger partial charge in [-0.05, 0) is 94.4 Å². The molecule has 2 aliphatic heterocycles. The van der Waals surface area contributed by atoms with Gasteiger partial charge in [-0.15, -0.1) is 0 Å². The van der Waals surface area contributed by atoms with Gasteiger partial charge in [-0.25, -0.2) is 9.37 Å². The number of Topliss-reactive ketones (excluding diaryl/α,β-unsaturated/α-hetero) is 2. The van der Waals surface area contributed by atoms with Crippen molar-refractivity contribution >= 4 is 52.5 Å². The van der Waals surface area contributed by atoms with Gasteiger partial charge in [0.15, 0.2) is 34.9 Å². The predicted molar refractivity (Wildman–Crippen MR) is 235 cm³/mol. The Labute approximate surface area is 381 Å². The van der Waals surface area contributed by atoms with Gasteiger partial charge in [0.25, 0.3) is 11.8 Å². The molecule has 2 aromatic rings. The number of anilines is 2. The summed E-state index contributed by atoms with van der Waals surface area (Å²) in [5.41, 5.74) is -3.45. The number of benzene rings is 1. The minimum absolute atomic E-state index is 0.106. The SMILES string of the molecule is C[C@H](CC(=O)[C@H](C)NC(=O)CCN1C(=O)C=CC1=O)C(=O)Nc1ccc([C@H](C)Nc2ccc([C@@H]3O[C@@H]4C[C@H]5[C@@H]6CCC7=CC(=O)C=C[C@]7(C)[C@@]6(F)[C@@H](O)C[C@]5(C)[C@]4(C(=O)CO)O3)cn2)cc1. The Bertz CT molecular complexity index is 2420. The average Bonchev–Trinajstić information content (AvgIpc) is 3.91. The highest BCUT2D eigenvalue weighted by molar-refractivity contribution is 6.13. The number of hydrogen-bond acceptors (Lipinski definition) is 13. The summed E-state index contributed by atoms with van der Waals surface area (Å²) in [6.45, 7) is 7.70. The molecule has 0 unspecified atom stereocenters. The fraction of sp³-hybridized carbons (Fsp3) is 0.510. The number of carbonyl (C=O) groups is 7. The first kappa shape index (κ1) is 46.8. The molecule has 3 heterocycles. The molecule has 1 saturated heterocycles. The zero-order chi connectivity index (χ0) is 47.5. The molecule has 1 aromatic heterocycles. The van der Waals surface area contributed by atoms with E-state index in [-0.39, 0.29) is 55.7 Å². The highest BCUT2D eigenvalue weighted by Gasteiger charge is 2.79. The van der Waals surface area contributed by atoms with Crippen molar-refractivity contribution in [3.63, 3.8) is 0 Å². The fourth-order valence-corrected chi connectivity index (χ4v) is 11.6. The quantitative estimate of drug-likeness (QED) is 0.157. The molecule has 6 aliphatic rings. The van der Waals surface area contributed by atoms with Gasteiger partial charge in [-0.1, -0.05) is 37.6 Å². The van der Waals surface area contributed by atoms with Crippen molar-refractivity contribution < 1.29 is 57.6 Å². The molecule has 350 valence electrons.